The van der Waals surface area contributed by atoms with Gasteiger partial charge in [0.25, 0.3) is 0 Å². The summed E-state index contributed by atoms with van der Waals surface area (Å²) in [4.78, 5) is 10.7. The number of carbonyl (C=O) groups is 1. The fourth-order valence-corrected chi connectivity index (χ4v) is 6.61. The minimum absolute atomic E-state index is 0.0165. The fraction of sp³-hybridized carbons (Fsp3) is 0.405. The maximum Gasteiger partial charge on any atom is 0.411 e. The molecule has 0 aliphatic heterocycles. The van der Waals surface area contributed by atoms with Crippen molar-refractivity contribution < 1.29 is 54.5 Å². The van der Waals surface area contributed by atoms with Gasteiger partial charge in [0.05, 0.1) is 32.3 Å². The van der Waals surface area contributed by atoms with Crippen LogP contribution in [0.5, 0.6) is 11.5 Å². The normalized spacial score (nSPS) is 13.3. The Morgan fingerprint density at radius 3 is 1.39 bits per heavy atom. The SMILES string of the molecule is CC(C)(C)[Si](C)(C)OCCC(OCC(F)(F)F)c1ccc(OCc2ccc(Cl)c(Cl)c2)cc1.O=CCC(OCC(F)(F)F)c1ccc(OCc2ccc(Cl)c(Cl)c2)cc1. The Morgan fingerprint density at radius 1 is 0.610 bits per heavy atom. The number of alkyl halides is 6. The highest BCUT2D eigenvalue weighted by Crippen LogP contribution is 2.37. The molecule has 4 rings (SSSR count). The Balaban J connectivity index is 0.000000324. The van der Waals surface area contributed by atoms with E-state index in [9.17, 15) is 31.1 Å². The molecule has 2 unspecified atom stereocenters. The molecule has 0 spiro atoms. The molecular weight excluding hydrogens is 884 g/mol. The molecule has 0 N–H and O–H groups in total. The molecule has 0 bridgehead atoms. The highest BCUT2D eigenvalue weighted by atomic mass is 35.5. The first-order valence-corrected chi connectivity index (χ1v) is 22.7. The first kappa shape index (κ1) is 50.3. The van der Waals surface area contributed by atoms with Gasteiger partial charge in [-0.2, -0.15) is 26.3 Å². The maximum absolute atomic E-state index is 12.8. The van der Waals surface area contributed by atoms with Crippen LogP contribution in [0.3, 0.4) is 0 Å². The average Bonchev–Trinajstić information content (AvgIpc) is 3.15. The molecule has 0 radical (unpaired) electrons. The summed E-state index contributed by atoms with van der Waals surface area (Å²) in [6, 6.07) is 23.5. The summed E-state index contributed by atoms with van der Waals surface area (Å²) in [5.41, 5.74) is 2.77. The molecule has 4 aromatic rings. The predicted octanol–water partition coefficient (Wildman–Crippen LogP) is 14.4. The molecule has 2 atom stereocenters. The second-order valence-corrected chi connectivity index (χ2v) is 21.3. The van der Waals surface area contributed by atoms with Crippen molar-refractivity contribution in [2.75, 3.05) is 19.8 Å². The van der Waals surface area contributed by atoms with Crippen LogP contribution in [0.2, 0.25) is 38.2 Å². The van der Waals surface area contributed by atoms with Gasteiger partial charge in [-0.15, -0.1) is 0 Å². The molecule has 0 fully saturated rings. The van der Waals surface area contributed by atoms with Crippen LogP contribution in [0.15, 0.2) is 84.9 Å². The van der Waals surface area contributed by atoms with Gasteiger partial charge in [-0.25, -0.2) is 0 Å². The third-order valence-electron chi connectivity index (χ3n) is 9.14. The number of carbonyl (C=O) groups excluding carboxylic acids is 1. The van der Waals surface area contributed by atoms with Gasteiger partial charge in [-0.3, -0.25) is 0 Å². The Labute approximate surface area is 362 Å². The summed E-state index contributed by atoms with van der Waals surface area (Å²) in [7, 11) is -2.01. The molecule has 0 saturated heterocycles. The van der Waals surface area contributed by atoms with Crippen LogP contribution >= 0.6 is 46.4 Å². The van der Waals surface area contributed by atoms with Crippen molar-refractivity contribution in [1.29, 1.82) is 0 Å². The number of rotatable bonds is 18. The van der Waals surface area contributed by atoms with Crippen LogP contribution in [0.4, 0.5) is 26.3 Å². The third kappa shape index (κ3) is 18.2. The van der Waals surface area contributed by atoms with E-state index < -0.39 is 46.1 Å². The molecule has 324 valence electrons. The van der Waals surface area contributed by atoms with Crippen LogP contribution in [0.1, 0.15) is 68.1 Å². The van der Waals surface area contributed by atoms with Gasteiger partial charge in [0, 0.05) is 13.0 Å². The Morgan fingerprint density at radius 2 is 1.02 bits per heavy atom. The predicted molar refractivity (Wildman–Crippen MR) is 222 cm³/mol. The topological polar surface area (TPSA) is 63.2 Å². The number of aldehydes is 1. The summed E-state index contributed by atoms with van der Waals surface area (Å²) in [6.45, 7) is 8.71. The minimum atomic E-state index is -4.45. The van der Waals surface area contributed by atoms with E-state index in [1.165, 1.54) is 0 Å². The van der Waals surface area contributed by atoms with Crippen LogP contribution in [0, 0.1) is 0 Å². The highest BCUT2D eigenvalue weighted by molar-refractivity contribution is 6.74. The molecular formula is C42H46Cl4F6O6Si. The van der Waals surface area contributed by atoms with Crippen molar-refractivity contribution >= 4 is 61.0 Å². The van der Waals surface area contributed by atoms with Gasteiger partial charge in [0.2, 0.25) is 0 Å². The van der Waals surface area contributed by atoms with E-state index in [0.717, 1.165) is 11.1 Å². The second-order valence-electron chi connectivity index (χ2n) is 14.8. The van der Waals surface area contributed by atoms with Crippen molar-refractivity contribution in [1.82, 2.24) is 0 Å². The van der Waals surface area contributed by atoms with Gasteiger partial charge >= 0.3 is 12.4 Å². The molecule has 0 amide bonds. The summed E-state index contributed by atoms with van der Waals surface area (Å²) >= 11 is 23.7. The summed E-state index contributed by atoms with van der Waals surface area (Å²) < 4.78 is 103. The Hall–Kier alpha value is -3.01. The van der Waals surface area contributed by atoms with Gasteiger partial charge in [-0.1, -0.05) is 104 Å². The van der Waals surface area contributed by atoms with Crippen molar-refractivity contribution in [2.45, 2.75) is 89.5 Å². The lowest BCUT2D eigenvalue weighted by Gasteiger charge is -2.36. The lowest BCUT2D eigenvalue weighted by Crippen LogP contribution is -2.41. The van der Waals surface area contributed by atoms with Crippen molar-refractivity contribution in [2.24, 2.45) is 0 Å². The quantitative estimate of drug-likeness (QED) is 0.0563. The minimum Gasteiger partial charge on any atom is -0.489 e. The van der Waals surface area contributed by atoms with Gasteiger partial charge in [-0.05, 0) is 95.3 Å². The monoisotopic (exact) mass is 928 g/mol. The standard InChI is InChI=1S/C24H31Cl2F3O3Si.C18H15Cl2F3O3/c1-23(2,3)33(4,5)32-13-12-22(31-16-24(27,28)29)18-7-9-19(10-8-18)30-15-17-6-11-20(25)21(26)14-17;19-15-6-1-12(9-16(15)20)10-25-14-4-2-13(3-5-14)17(7-8-24)26-11-18(21,22)23/h6-11,14,22H,12-13,15-16H2,1-5H3;1-6,8-9,17H,7,10-11H2. The number of benzene rings is 4. The lowest BCUT2D eigenvalue weighted by molar-refractivity contribution is -0.187. The third-order valence-corrected chi connectivity index (χ3v) is 15.2. The van der Waals surface area contributed by atoms with Crippen LogP contribution in [0.25, 0.3) is 0 Å². The van der Waals surface area contributed by atoms with Gasteiger partial charge in [0.15, 0.2) is 8.32 Å². The number of halogens is 10. The number of hydrogen-bond acceptors (Lipinski definition) is 6. The zero-order valence-corrected chi connectivity index (χ0v) is 37.0. The van der Waals surface area contributed by atoms with E-state index in [4.69, 9.17) is 69.8 Å². The molecule has 6 nitrogen and oxygen atoms in total. The smallest absolute Gasteiger partial charge is 0.411 e. The van der Waals surface area contributed by atoms with Crippen LogP contribution < -0.4 is 9.47 Å². The van der Waals surface area contributed by atoms with Crippen LogP contribution in [-0.4, -0.2) is 46.8 Å². The van der Waals surface area contributed by atoms with Crippen molar-refractivity contribution in [3.8, 4) is 11.5 Å². The summed E-state index contributed by atoms with van der Waals surface area (Å²) in [5, 5.41) is 1.79. The lowest BCUT2D eigenvalue weighted by atomic mass is 10.1. The van der Waals surface area contributed by atoms with E-state index in [1.807, 2.05) is 6.07 Å². The van der Waals surface area contributed by atoms with E-state index >= 15 is 0 Å². The van der Waals surface area contributed by atoms with E-state index in [1.54, 1.807) is 78.9 Å². The Bertz CT molecular complexity index is 1910. The second kappa shape index (κ2) is 22.7. The molecule has 0 aliphatic carbocycles. The molecule has 17 heteroatoms. The first-order valence-electron chi connectivity index (χ1n) is 18.2. The average molecular weight is 931 g/mol. The zero-order chi connectivity index (χ0) is 44.0. The van der Waals surface area contributed by atoms with Gasteiger partial charge in [0.1, 0.15) is 44.2 Å². The molecule has 0 aliphatic rings. The van der Waals surface area contributed by atoms with Crippen LogP contribution in [-0.2, 0) is 31.9 Å². The van der Waals surface area contributed by atoms with Crippen molar-refractivity contribution in [3.63, 3.8) is 0 Å². The van der Waals surface area contributed by atoms with Crippen molar-refractivity contribution in [3.05, 3.63) is 127 Å². The zero-order valence-electron chi connectivity index (χ0n) is 33.0. The molecule has 4 aromatic carbocycles. The maximum atomic E-state index is 12.8. The number of ether oxygens (including phenoxy) is 4. The number of hydrogen-bond donors (Lipinski definition) is 0. The summed E-state index contributed by atoms with van der Waals surface area (Å²) in [6.07, 6.45) is -9.87. The van der Waals surface area contributed by atoms with E-state index in [2.05, 4.69) is 33.9 Å². The molecule has 0 heterocycles. The highest BCUT2D eigenvalue weighted by Gasteiger charge is 2.37. The van der Waals surface area contributed by atoms with E-state index in [-0.39, 0.29) is 24.7 Å². The summed E-state index contributed by atoms with van der Waals surface area (Å²) in [5.74, 6) is 1.09. The van der Waals surface area contributed by atoms with E-state index in [0.29, 0.717) is 62.0 Å². The Kier molecular flexibility index (Phi) is 19.4. The fourth-order valence-electron chi connectivity index (χ4n) is 4.91. The molecule has 59 heavy (non-hydrogen) atoms. The largest absolute Gasteiger partial charge is 0.489 e. The van der Waals surface area contributed by atoms with Gasteiger partial charge < -0.3 is 28.2 Å². The molecule has 0 saturated carbocycles. The molecule has 0 aromatic heterocycles. The first-order chi connectivity index (χ1) is 27.5.